The molecule has 0 spiro atoms. The second kappa shape index (κ2) is 9.11. The highest BCUT2D eigenvalue weighted by atomic mass is 17.1. The van der Waals surface area contributed by atoms with Crippen molar-refractivity contribution >= 4 is 11.8 Å². The number of aliphatic hydroxyl groups is 1. The van der Waals surface area contributed by atoms with E-state index in [0.29, 0.717) is 31.5 Å². The summed E-state index contributed by atoms with van der Waals surface area (Å²) in [4.78, 5) is 30.1. The zero-order valence-corrected chi connectivity index (χ0v) is 25.4. The van der Waals surface area contributed by atoms with E-state index in [2.05, 4.69) is 41.5 Å². The zero-order valence-electron chi connectivity index (χ0n) is 25.4. The topological polar surface area (TPSA) is 106 Å². The molecule has 220 valence electrons. The largest absolute Gasteiger partial charge is 0.460 e. The third-order valence-electron chi connectivity index (χ3n) is 12.6. The number of aliphatic hydroxyl groups excluding tert-OH is 1. The summed E-state index contributed by atoms with van der Waals surface area (Å²) < 4.78 is 11.6. The van der Waals surface area contributed by atoms with Gasteiger partial charge in [0.15, 0.2) is 0 Å². The molecule has 39 heavy (non-hydrogen) atoms. The van der Waals surface area contributed by atoms with E-state index >= 15 is 0 Å². The maximum Gasteiger partial charge on any atom is 0.302 e. The van der Waals surface area contributed by atoms with E-state index in [9.17, 15) is 20.0 Å². The Morgan fingerprint density at radius 1 is 1.13 bits per heavy atom. The number of hydrogen-bond acceptors (Lipinski definition) is 7. The summed E-state index contributed by atoms with van der Waals surface area (Å²) in [5.41, 5.74) is 0.905. The smallest absolute Gasteiger partial charge is 0.302 e. The SMILES string of the molecule is CC(=O)O[C@@H](C[C@@H](C)C1=C2C[C@H](O)[C@H]3[C@@]4(C)CCC(=O)C(C)(C)[C@@H]4CC[C@]3(C)[C@@]2(C)C[C@@H]1OO)[C@H]1OC1(C)C. The van der Waals surface area contributed by atoms with Crippen molar-refractivity contribution in [2.75, 3.05) is 0 Å². The zero-order chi connectivity index (χ0) is 28.9. The van der Waals surface area contributed by atoms with Crippen LogP contribution in [0, 0.1) is 39.4 Å². The fourth-order valence-corrected chi connectivity index (χ4v) is 10.6. The maximum atomic E-state index is 13.0. The summed E-state index contributed by atoms with van der Waals surface area (Å²) in [5, 5.41) is 22.2. The lowest BCUT2D eigenvalue weighted by Gasteiger charge is -2.68. The molecule has 3 saturated carbocycles. The van der Waals surface area contributed by atoms with Crippen LogP contribution in [0.25, 0.3) is 0 Å². The molecule has 2 N–H and O–H groups in total. The minimum atomic E-state index is -0.538. The Kier molecular flexibility index (Phi) is 6.82. The molecule has 4 aliphatic carbocycles. The Bertz CT molecular complexity index is 1080. The van der Waals surface area contributed by atoms with Crippen molar-refractivity contribution in [2.45, 2.75) is 137 Å². The Morgan fingerprint density at radius 3 is 2.33 bits per heavy atom. The van der Waals surface area contributed by atoms with Gasteiger partial charge in [-0.05, 0) is 91.9 Å². The van der Waals surface area contributed by atoms with Crippen LogP contribution in [0.5, 0.6) is 0 Å². The van der Waals surface area contributed by atoms with E-state index in [4.69, 9.17) is 14.4 Å². The molecule has 4 fully saturated rings. The molecule has 5 rings (SSSR count). The van der Waals surface area contributed by atoms with Gasteiger partial charge in [0, 0.05) is 18.8 Å². The number of rotatable bonds is 6. The van der Waals surface area contributed by atoms with Crippen LogP contribution < -0.4 is 0 Å². The monoisotopic (exact) mass is 546 g/mol. The second-order valence-electron chi connectivity index (χ2n) is 15.4. The van der Waals surface area contributed by atoms with Gasteiger partial charge in [-0.2, -0.15) is 0 Å². The summed E-state index contributed by atoms with van der Waals surface area (Å²) in [6.45, 7) is 18.7. The van der Waals surface area contributed by atoms with Crippen molar-refractivity contribution < 1.29 is 34.3 Å². The van der Waals surface area contributed by atoms with Gasteiger partial charge < -0.3 is 14.6 Å². The molecule has 1 heterocycles. The first-order chi connectivity index (χ1) is 17.9. The summed E-state index contributed by atoms with van der Waals surface area (Å²) in [5.74, 6) is 0.276. The highest BCUT2D eigenvalue weighted by molar-refractivity contribution is 5.85. The molecule has 7 heteroatoms. The van der Waals surface area contributed by atoms with Gasteiger partial charge >= 0.3 is 5.97 Å². The first-order valence-electron chi connectivity index (χ1n) is 15.0. The van der Waals surface area contributed by atoms with Gasteiger partial charge in [0.1, 0.15) is 24.1 Å². The van der Waals surface area contributed by atoms with Crippen LogP contribution >= 0.6 is 0 Å². The van der Waals surface area contributed by atoms with Crippen LogP contribution in [-0.2, 0) is 24.0 Å². The lowest BCUT2D eigenvalue weighted by molar-refractivity contribution is -0.276. The Hall–Kier alpha value is -1.28. The molecular weight excluding hydrogens is 496 g/mol. The van der Waals surface area contributed by atoms with E-state index in [-0.39, 0.29) is 63.2 Å². The first-order valence-corrected chi connectivity index (χ1v) is 15.0. The van der Waals surface area contributed by atoms with Crippen LogP contribution in [-0.4, -0.2) is 52.1 Å². The Balaban J connectivity index is 1.52. The van der Waals surface area contributed by atoms with Crippen molar-refractivity contribution in [2.24, 2.45) is 39.4 Å². The number of esters is 1. The predicted octanol–water partition coefficient (Wildman–Crippen LogP) is 5.88. The summed E-state index contributed by atoms with van der Waals surface area (Å²) >= 11 is 0. The number of ketones is 1. The fourth-order valence-electron chi connectivity index (χ4n) is 10.6. The van der Waals surface area contributed by atoms with Crippen LogP contribution in [0.3, 0.4) is 0 Å². The van der Waals surface area contributed by atoms with Gasteiger partial charge in [-0.3, -0.25) is 14.8 Å². The van der Waals surface area contributed by atoms with Gasteiger partial charge in [-0.15, -0.1) is 0 Å². The number of Topliss-reactive ketones (excluding diaryl/α,β-unsaturated/α-hetero) is 1. The van der Waals surface area contributed by atoms with Crippen LogP contribution in [0.2, 0.25) is 0 Å². The molecule has 10 atom stereocenters. The van der Waals surface area contributed by atoms with Gasteiger partial charge in [0.05, 0.1) is 11.7 Å². The van der Waals surface area contributed by atoms with Gasteiger partial charge in [0.2, 0.25) is 0 Å². The van der Waals surface area contributed by atoms with E-state index in [1.807, 2.05) is 13.8 Å². The molecular formula is C32H50O7. The average molecular weight is 547 g/mol. The molecule has 1 saturated heterocycles. The molecule has 0 unspecified atom stereocenters. The number of ether oxygens (including phenoxy) is 2. The van der Waals surface area contributed by atoms with Crippen LogP contribution in [0.4, 0.5) is 0 Å². The van der Waals surface area contributed by atoms with E-state index in [0.717, 1.165) is 24.8 Å². The summed E-state index contributed by atoms with van der Waals surface area (Å²) in [7, 11) is 0. The van der Waals surface area contributed by atoms with E-state index < -0.39 is 12.2 Å². The minimum Gasteiger partial charge on any atom is -0.460 e. The van der Waals surface area contributed by atoms with Crippen LogP contribution in [0.15, 0.2) is 11.1 Å². The van der Waals surface area contributed by atoms with Crippen molar-refractivity contribution in [3.05, 3.63) is 11.1 Å². The van der Waals surface area contributed by atoms with E-state index in [1.54, 1.807) is 0 Å². The molecule has 0 amide bonds. The number of epoxide rings is 1. The highest BCUT2D eigenvalue weighted by Gasteiger charge is 2.70. The third-order valence-corrected chi connectivity index (χ3v) is 12.6. The molecule has 0 aromatic heterocycles. The van der Waals surface area contributed by atoms with Gasteiger partial charge in [0.25, 0.3) is 0 Å². The lowest BCUT2D eigenvalue weighted by Crippen LogP contribution is -2.65. The summed E-state index contributed by atoms with van der Waals surface area (Å²) in [6.07, 6.45) is 3.46. The molecule has 5 aliphatic rings. The maximum absolute atomic E-state index is 13.0. The third kappa shape index (κ3) is 4.11. The minimum absolute atomic E-state index is 0.0335. The summed E-state index contributed by atoms with van der Waals surface area (Å²) in [6, 6.07) is 0. The average Bonchev–Trinajstić information content (AvgIpc) is 3.34. The molecule has 0 bridgehead atoms. The molecule has 7 nitrogen and oxygen atoms in total. The number of fused-ring (bicyclic) bond motifs is 5. The number of hydrogen-bond donors (Lipinski definition) is 2. The molecule has 0 aromatic rings. The predicted molar refractivity (Wildman–Crippen MR) is 147 cm³/mol. The normalized spacial score (nSPS) is 45.6. The Morgan fingerprint density at radius 2 is 1.77 bits per heavy atom. The molecule has 0 radical (unpaired) electrons. The van der Waals surface area contributed by atoms with Gasteiger partial charge in [-0.1, -0.05) is 47.1 Å². The van der Waals surface area contributed by atoms with Gasteiger partial charge in [-0.25, -0.2) is 4.89 Å². The van der Waals surface area contributed by atoms with Crippen molar-refractivity contribution in [3.63, 3.8) is 0 Å². The quantitative estimate of drug-likeness (QED) is 0.141. The van der Waals surface area contributed by atoms with E-state index in [1.165, 1.54) is 12.5 Å². The second-order valence-corrected chi connectivity index (χ2v) is 15.4. The highest BCUT2D eigenvalue weighted by Crippen LogP contribution is 2.74. The van der Waals surface area contributed by atoms with Crippen molar-refractivity contribution in [1.29, 1.82) is 0 Å². The molecule has 1 aliphatic heterocycles. The van der Waals surface area contributed by atoms with Crippen molar-refractivity contribution in [1.82, 2.24) is 0 Å². The number of carbonyl (C=O) groups excluding carboxylic acids is 2. The molecule has 0 aromatic carbocycles. The van der Waals surface area contributed by atoms with Crippen molar-refractivity contribution in [3.8, 4) is 0 Å². The Labute approximate surface area is 234 Å². The first kappa shape index (κ1) is 29.2. The number of carbonyl (C=O) groups is 2. The lowest BCUT2D eigenvalue weighted by atomic mass is 9.36. The standard InChI is InChI=1S/C32H50O7/c1-17(14-21(37-18(2)33)27-29(5,6)38-27)25-19-15-20(34)26-30(7)12-11-24(35)28(3,4)23(30)10-13-31(26,8)32(19,9)16-22(25)39-36/h17,20-23,26-27,34,36H,10-16H2,1-9H3/t17-,20+,21+,22+,23+,26+,27-,30+,31+,32+/m1/s1. The van der Waals surface area contributed by atoms with Crippen LogP contribution in [0.1, 0.15) is 107 Å². The fraction of sp³-hybridized carbons (Fsp3) is 0.875.